The molecule has 1 aromatic rings. The lowest BCUT2D eigenvalue weighted by atomic mass is 9.73. The van der Waals surface area contributed by atoms with E-state index in [1.807, 2.05) is 58.0 Å². The molecule has 1 aromatic carbocycles. The first-order valence-electron chi connectivity index (χ1n) is 10.2. The fraction of sp³-hybridized carbons (Fsp3) is 0.545. The van der Waals surface area contributed by atoms with Gasteiger partial charge in [0.25, 0.3) is 7.41 Å². The molecule has 8 nitrogen and oxygen atoms in total. The maximum absolute atomic E-state index is 13.1. The molecule has 1 rings (SSSR count). The van der Waals surface area contributed by atoms with Gasteiger partial charge in [-0.25, -0.2) is 4.79 Å². The van der Waals surface area contributed by atoms with Crippen molar-refractivity contribution in [2.45, 2.75) is 45.2 Å². The Morgan fingerprint density at radius 3 is 2.23 bits per heavy atom. The van der Waals surface area contributed by atoms with Crippen LogP contribution in [0.15, 0.2) is 30.3 Å². The zero-order valence-corrected chi connectivity index (χ0v) is 19.4. The number of amides is 2. The first-order chi connectivity index (χ1) is 14.5. The summed E-state index contributed by atoms with van der Waals surface area (Å²) >= 11 is 0. The highest BCUT2D eigenvalue weighted by atomic mass is 16.5. The Labute approximate surface area is 185 Å². The SMILES string of the molecule is COC(=O)[C@H](C(C)C)N(C)C(=O)CNC(=O)[C@@H](N(C)[B]C=O)C(C)(C)c1ccccc1. The number of esters is 1. The average molecular weight is 430 g/mol. The lowest BCUT2D eigenvalue weighted by Crippen LogP contribution is -2.58. The molecule has 1 radical (unpaired) electrons. The number of carbonyl (C=O) groups excluding carboxylic acids is 4. The molecule has 0 bridgehead atoms. The Balaban J connectivity index is 3.03. The van der Waals surface area contributed by atoms with E-state index in [1.54, 1.807) is 7.05 Å². The van der Waals surface area contributed by atoms with E-state index in [1.165, 1.54) is 31.3 Å². The number of benzene rings is 1. The summed E-state index contributed by atoms with van der Waals surface area (Å²) < 4.78 is 4.80. The number of methoxy groups -OCH3 is 1. The lowest BCUT2D eigenvalue weighted by molar-refractivity contribution is -0.153. The largest absolute Gasteiger partial charge is 0.467 e. The number of nitrogens with zero attached hydrogens (tertiary/aromatic N) is 2. The Kier molecular flexibility index (Phi) is 9.90. The van der Waals surface area contributed by atoms with Crippen molar-refractivity contribution in [3.8, 4) is 0 Å². The molecule has 0 aliphatic heterocycles. The normalized spacial score (nSPS) is 13.3. The molecule has 0 aliphatic rings. The van der Waals surface area contributed by atoms with Gasteiger partial charge in [-0.3, -0.25) is 9.59 Å². The Morgan fingerprint density at radius 1 is 1.16 bits per heavy atom. The van der Waals surface area contributed by atoms with E-state index < -0.39 is 35.3 Å². The smallest absolute Gasteiger partial charge is 0.328 e. The molecule has 9 heteroatoms. The van der Waals surface area contributed by atoms with Crippen LogP contribution >= 0.6 is 0 Å². The van der Waals surface area contributed by atoms with E-state index in [0.717, 1.165) is 5.56 Å². The second-order valence-electron chi connectivity index (χ2n) is 8.38. The molecular weight excluding hydrogens is 397 g/mol. The quantitative estimate of drug-likeness (QED) is 0.318. The minimum Gasteiger partial charge on any atom is -0.467 e. The summed E-state index contributed by atoms with van der Waals surface area (Å²) in [4.78, 5) is 51.8. The molecule has 0 heterocycles. The zero-order valence-electron chi connectivity index (χ0n) is 19.4. The highest BCUT2D eigenvalue weighted by Gasteiger charge is 2.40. The standard InChI is InChI=1S/C22H33BN3O5/c1-15(2)18(21(30)31-7)25(5)17(28)13-24-20(29)19(26(6)23-14-27)22(3,4)16-11-9-8-10-12-16/h8-12,14-15,18-19H,13H2,1-7H3,(H,24,29)/t18-,19+/m0/s1. The van der Waals surface area contributed by atoms with E-state index >= 15 is 0 Å². The van der Waals surface area contributed by atoms with Gasteiger partial charge in [-0.2, -0.15) is 0 Å². The second kappa shape index (κ2) is 11.6. The molecule has 2 atom stereocenters. The van der Waals surface area contributed by atoms with Crippen LogP contribution in [0.4, 0.5) is 0 Å². The minimum atomic E-state index is -0.753. The van der Waals surface area contributed by atoms with Crippen molar-refractivity contribution in [1.29, 1.82) is 0 Å². The van der Waals surface area contributed by atoms with Crippen molar-refractivity contribution < 1.29 is 23.9 Å². The topological polar surface area (TPSA) is 96.0 Å². The molecule has 0 aromatic heterocycles. The predicted octanol–water partition coefficient (Wildman–Crippen LogP) is 0.846. The number of hydrogen-bond donors (Lipinski definition) is 1. The van der Waals surface area contributed by atoms with Crippen molar-refractivity contribution in [3.63, 3.8) is 0 Å². The summed E-state index contributed by atoms with van der Waals surface area (Å²) in [6.07, 6.45) is 0.615. The Bertz CT molecular complexity index is 770. The molecule has 31 heavy (non-hydrogen) atoms. The van der Waals surface area contributed by atoms with Crippen LogP contribution in [0.2, 0.25) is 0 Å². The third-order valence-corrected chi connectivity index (χ3v) is 5.45. The average Bonchev–Trinajstić information content (AvgIpc) is 2.72. The zero-order chi connectivity index (χ0) is 23.8. The first kappa shape index (κ1) is 26.4. The van der Waals surface area contributed by atoms with Gasteiger partial charge in [0.15, 0.2) is 0 Å². The molecule has 0 saturated heterocycles. The molecule has 0 unspecified atom stereocenters. The van der Waals surface area contributed by atoms with Gasteiger partial charge in [-0.1, -0.05) is 58.0 Å². The van der Waals surface area contributed by atoms with Crippen molar-refractivity contribution in [3.05, 3.63) is 35.9 Å². The van der Waals surface area contributed by atoms with Crippen LogP contribution in [-0.2, 0) is 29.3 Å². The molecule has 0 spiro atoms. The molecule has 0 aliphatic carbocycles. The van der Waals surface area contributed by atoms with Gasteiger partial charge in [0.2, 0.25) is 11.8 Å². The molecule has 0 fully saturated rings. The molecule has 0 saturated carbocycles. The maximum atomic E-state index is 13.1. The predicted molar refractivity (Wildman–Crippen MR) is 120 cm³/mol. The van der Waals surface area contributed by atoms with Crippen LogP contribution in [-0.4, -0.2) is 80.9 Å². The number of likely N-dealkylation sites (N-methyl/N-ethyl adjacent to an activating group) is 2. The van der Waals surface area contributed by atoms with Gasteiger partial charge in [0.05, 0.1) is 25.9 Å². The maximum Gasteiger partial charge on any atom is 0.328 e. The molecular formula is C22H33BN3O5. The van der Waals surface area contributed by atoms with Crippen molar-refractivity contribution >= 4 is 31.4 Å². The molecule has 2 amide bonds. The highest BCUT2D eigenvalue weighted by Crippen LogP contribution is 2.29. The Hall–Kier alpha value is -2.68. The van der Waals surface area contributed by atoms with Crippen molar-refractivity contribution in [2.75, 3.05) is 27.7 Å². The van der Waals surface area contributed by atoms with Gasteiger partial charge in [0.1, 0.15) is 6.04 Å². The number of hydrogen-bond acceptors (Lipinski definition) is 6. The van der Waals surface area contributed by atoms with Crippen LogP contribution in [0.25, 0.3) is 0 Å². The summed E-state index contributed by atoms with van der Waals surface area (Å²) in [5.74, 6) is -1.50. The van der Waals surface area contributed by atoms with Gasteiger partial charge < -0.3 is 24.6 Å². The second-order valence-corrected chi connectivity index (χ2v) is 8.38. The minimum absolute atomic E-state index is 0.157. The van der Waals surface area contributed by atoms with E-state index in [2.05, 4.69) is 5.32 Å². The third-order valence-electron chi connectivity index (χ3n) is 5.45. The molecule has 1 N–H and O–H groups in total. The summed E-state index contributed by atoms with van der Waals surface area (Å²) in [6, 6.07) is 7.97. The van der Waals surface area contributed by atoms with Crippen LogP contribution in [0.5, 0.6) is 0 Å². The highest BCUT2D eigenvalue weighted by molar-refractivity contribution is 6.64. The monoisotopic (exact) mass is 430 g/mol. The van der Waals surface area contributed by atoms with Gasteiger partial charge in [0, 0.05) is 12.5 Å². The molecule has 169 valence electrons. The first-order valence-corrected chi connectivity index (χ1v) is 10.2. The van der Waals surface area contributed by atoms with Gasteiger partial charge in [-0.05, 0) is 18.5 Å². The van der Waals surface area contributed by atoms with E-state index in [9.17, 15) is 19.2 Å². The third kappa shape index (κ3) is 6.65. The number of rotatable bonds is 11. The van der Waals surface area contributed by atoms with Crippen LogP contribution in [0.1, 0.15) is 33.3 Å². The van der Waals surface area contributed by atoms with Gasteiger partial charge >= 0.3 is 5.97 Å². The summed E-state index contributed by atoms with van der Waals surface area (Å²) in [7, 11) is 5.71. The van der Waals surface area contributed by atoms with E-state index in [-0.39, 0.29) is 12.5 Å². The number of carbonyl (C=O) groups is 4. The van der Waals surface area contributed by atoms with Crippen molar-refractivity contribution in [2.24, 2.45) is 5.92 Å². The summed E-state index contributed by atoms with van der Waals surface area (Å²) in [5.41, 5.74) is 0.247. The lowest BCUT2D eigenvalue weighted by Gasteiger charge is -2.39. The summed E-state index contributed by atoms with van der Waals surface area (Å²) in [6.45, 7) is 7.15. The van der Waals surface area contributed by atoms with Crippen LogP contribution in [0, 0.1) is 5.92 Å². The Morgan fingerprint density at radius 2 is 1.74 bits per heavy atom. The fourth-order valence-corrected chi connectivity index (χ4v) is 3.77. The van der Waals surface area contributed by atoms with Gasteiger partial charge in [-0.15, -0.1) is 0 Å². The van der Waals surface area contributed by atoms with Crippen molar-refractivity contribution in [1.82, 2.24) is 15.0 Å². The van der Waals surface area contributed by atoms with E-state index in [4.69, 9.17) is 4.74 Å². The van der Waals surface area contributed by atoms with Crippen LogP contribution in [0.3, 0.4) is 0 Å². The number of nitrogens with one attached hydrogen (secondary N) is 1. The number of ether oxygens (including phenoxy) is 1. The summed E-state index contributed by atoms with van der Waals surface area (Å²) in [5, 5.41) is 2.67. The van der Waals surface area contributed by atoms with E-state index in [0.29, 0.717) is 6.19 Å². The fourth-order valence-electron chi connectivity index (χ4n) is 3.77. The van der Waals surface area contributed by atoms with Crippen LogP contribution < -0.4 is 5.32 Å².